The molecule has 0 amide bonds. The molecule has 0 aliphatic rings. The number of nitrogens with one attached hydrogen (secondary N) is 1. The Morgan fingerprint density at radius 2 is 2.11 bits per heavy atom. The molecule has 9 heavy (non-hydrogen) atoms. The summed E-state index contributed by atoms with van der Waals surface area (Å²) >= 11 is 1.41. The van der Waals surface area contributed by atoms with Crippen LogP contribution in [0.2, 0.25) is 0 Å². The van der Waals surface area contributed by atoms with Gasteiger partial charge in [-0.2, -0.15) is 0 Å². The number of hydrogen-bond acceptors (Lipinski definition) is 2. The van der Waals surface area contributed by atoms with Gasteiger partial charge >= 0.3 is 0 Å². The molecule has 0 aliphatic heterocycles. The van der Waals surface area contributed by atoms with Crippen LogP contribution >= 0.6 is 11.8 Å². The zero-order valence-corrected chi connectivity index (χ0v) is 6.83. The Balaban J connectivity index is 3.51. The molecule has 0 fully saturated rings. The molecule has 0 atom stereocenters. The van der Waals surface area contributed by atoms with Crippen LogP contribution in [0.4, 0.5) is 0 Å². The molecular formula is C6H12N2S. The molecule has 0 bridgehead atoms. The number of amidine groups is 1. The SMILES string of the molecule is CC=CSC(=N)N(C)C. The van der Waals surface area contributed by atoms with E-state index in [1.807, 2.05) is 32.5 Å². The summed E-state index contributed by atoms with van der Waals surface area (Å²) in [5.41, 5.74) is 0. The molecule has 0 aliphatic carbocycles. The van der Waals surface area contributed by atoms with E-state index >= 15 is 0 Å². The summed E-state index contributed by atoms with van der Waals surface area (Å²) in [6.45, 7) is 1.94. The van der Waals surface area contributed by atoms with E-state index in [1.165, 1.54) is 11.8 Å². The zero-order chi connectivity index (χ0) is 7.28. The van der Waals surface area contributed by atoms with Gasteiger partial charge < -0.3 is 4.90 Å². The largest absolute Gasteiger partial charge is 0.358 e. The van der Waals surface area contributed by atoms with Gasteiger partial charge in [-0.05, 0) is 12.3 Å². The maximum atomic E-state index is 7.28. The molecule has 0 aromatic carbocycles. The van der Waals surface area contributed by atoms with Crippen molar-refractivity contribution in [1.29, 1.82) is 5.41 Å². The number of allylic oxidation sites excluding steroid dienone is 1. The molecule has 0 saturated heterocycles. The van der Waals surface area contributed by atoms with E-state index in [0.29, 0.717) is 5.17 Å². The van der Waals surface area contributed by atoms with Gasteiger partial charge in [-0.1, -0.05) is 17.8 Å². The van der Waals surface area contributed by atoms with Crippen LogP contribution in [0, 0.1) is 5.41 Å². The lowest BCUT2D eigenvalue weighted by Crippen LogP contribution is -2.16. The number of nitrogens with zero attached hydrogens (tertiary/aromatic N) is 1. The Morgan fingerprint density at radius 3 is 2.44 bits per heavy atom. The Labute approximate surface area is 60.4 Å². The van der Waals surface area contributed by atoms with Gasteiger partial charge in [0.25, 0.3) is 0 Å². The highest BCUT2D eigenvalue weighted by molar-refractivity contribution is 8.16. The molecule has 0 saturated carbocycles. The van der Waals surface area contributed by atoms with Crippen LogP contribution in [0.25, 0.3) is 0 Å². The van der Waals surface area contributed by atoms with E-state index in [9.17, 15) is 0 Å². The summed E-state index contributed by atoms with van der Waals surface area (Å²) in [7, 11) is 3.72. The lowest BCUT2D eigenvalue weighted by molar-refractivity contribution is 0.632. The Kier molecular flexibility index (Phi) is 4.22. The van der Waals surface area contributed by atoms with Crippen molar-refractivity contribution in [2.24, 2.45) is 0 Å². The van der Waals surface area contributed by atoms with Crippen LogP contribution in [-0.2, 0) is 0 Å². The molecule has 0 spiro atoms. The first kappa shape index (κ1) is 8.56. The van der Waals surface area contributed by atoms with E-state index in [1.54, 1.807) is 4.90 Å². The van der Waals surface area contributed by atoms with Gasteiger partial charge in [-0.15, -0.1) is 0 Å². The van der Waals surface area contributed by atoms with Crippen LogP contribution in [0.1, 0.15) is 6.92 Å². The third-order valence-corrected chi connectivity index (χ3v) is 1.72. The molecule has 1 N–H and O–H groups in total. The van der Waals surface area contributed by atoms with Crippen LogP contribution < -0.4 is 0 Å². The van der Waals surface area contributed by atoms with Crippen molar-refractivity contribution in [1.82, 2.24) is 4.90 Å². The second-order valence-corrected chi connectivity index (χ2v) is 2.68. The molecule has 0 aromatic heterocycles. The van der Waals surface area contributed by atoms with Crippen molar-refractivity contribution in [3.63, 3.8) is 0 Å². The average molecular weight is 144 g/mol. The molecule has 0 unspecified atom stereocenters. The van der Waals surface area contributed by atoms with Crippen LogP contribution in [0.15, 0.2) is 11.5 Å². The first-order chi connectivity index (χ1) is 4.18. The Morgan fingerprint density at radius 1 is 1.56 bits per heavy atom. The first-order valence-electron chi connectivity index (χ1n) is 2.72. The summed E-state index contributed by atoms with van der Waals surface area (Å²) in [4.78, 5) is 1.77. The van der Waals surface area contributed by atoms with Crippen LogP contribution in [-0.4, -0.2) is 24.2 Å². The number of hydrogen-bond donors (Lipinski definition) is 1. The van der Waals surface area contributed by atoms with E-state index in [0.717, 1.165) is 0 Å². The van der Waals surface area contributed by atoms with Crippen molar-refractivity contribution >= 4 is 16.9 Å². The van der Waals surface area contributed by atoms with Crippen molar-refractivity contribution in [3.05, 3.63) is 11.5 Å². The Hall–Kier alpha value is -0.440. The molecule has 0 rings (SSSR count). The van der Waals surface area contributed by atoms with Gasteiger partial charge in [-0.3, -0.25) is 5.41 Å². The average Bonchev–Trinajstić information content (AvgIpc) is 1.82. The summed E-state index contributed by atoms with van der Waals surface area (Å²) in [6, 6.07) is 0. The monoisotopic (exact) mass is 144 g/mol. The van der Waals surface area contributed by atoms with Crippen molar-refractivity contribution in [2.45, 2.75) is 6.92 Å². The van der Waals surface area contributed by atoms with Gasteiger partial charge in [0.05, 0.1) is 0 Å². The zero-order valence-electron chi connectivity index (χ0n) is 6.01. The molecule has 52 valence electrons. The Bertz CT molecular complexity index is 118. The predicted molar refractivity (Wildman–Crippen MR) is 43.8 cm³/mol. The van der Waals surface area contributed by atoms with E-state index in [4.69, 9.17) is 5.41 Å². The fraction of sp³-hybridized carbons (Fsp3) is 0.500. The second-order valence-electron chi connectivity index (χ2n) is 1.79. The minimum absolute atomic E-state index is 0.563. The summed E-state index contributed by atoms with van der Waals surface area (Å²) in [5.74, 6) is 0. The molecule has 0 radical (unpaired) electrons. The van der Waals surface area contributed by atoms with Crippen LogP contribution in [0.5, 0.6) is 0 Å². The smallest absolute Gasteiger partial charge is 0.160 e. The quantitative estimate of drug-likeness (QED) is 0.448. The minimum atomic E-state index is 0.563. The highest BCUT2D eigenvalue weighted by Crippen LogP contribution is 2.04. The van der Waals surface area contributed by atoms with E-state index in [-0.39, 0.29) is 0 Å². The first-order valence-corrected chi connectivity index (χ1v) is 3.60. The van der Waals surface area contributed by atoms with Gasteiger partial charge in [0, 0.05) is 14.1 Å². The standard InChI is InChI=1S/C6H12N2S/c1-4-5-9-6(7)8(2)3/h4-5,7H,1-3H3. The fourth-order valence-corrected chi connectivity index (χ4v) is 0.714. The summed E-state index contributed by atoms with van der Waals surface area (Å²) in [5, 5.41) is 9.74. The van der Waals surface area contributed by atoms with Gasteiger partial charge in [0.1, 0.15) is 0 Å². The highest BCUT2D eigenvalue weighted by atomic mass is 32.2. The maximum Gasteiger partial charge on any atom is 0.160 e. The summed E-state index contributed by atoms with van der Waals surface area (Å²) < 4.78 is 0. The van der Waals surface area contributed by atoms with E-state index < -0.39 is 0 Å². The highest BCUT2D eigenvalue weighted by Gasteiger charge is 1.93. The molecule has 0 heterocycles. The third kappa shape index (κ3) is 4.09. The topological polar surface area (TPSA) is 27.1 Å². The predicted octanol–water partition coefficient (Wildman–Crippen LogP) is 1.75. The van der Waals surface area contributed by atoms with Gasteiger partial charge in [0.15, 0.2) is 5.17 Å². The molecule has 2 nitrogen and oxygen atoms in total. The van der Waals surface area contributed by atoms with E-state index in [2.05, 4.69) is 0 Å². The van der Waals surface area contributed by atoms with Crippen molar-refractivity contribution < 1.29 is 0 Å². The lowest BCUT2D eigenvalue weighted by atomic mass is 10.8. The van der Waals surface area contributed by atoms with Crippen LogP contribution in [0.3, 0.4) is 0 Å². The fourth-order valence-electron chi connectivity index (χ4n) is 0.238. The van der Waals surface area contributed by atoms with Gasteiger partial charge in [-0.25, -0.2) is 0 Å². The van der Waals surface area contributed by atoms with Gasteiger partial charge in [0.2, 0.25) is 0 Å². The van der Waals surface area contributed by atoms with Crippen molar-refractivity contribution in [2.75, 3.05) is 14.1 Å². The summed E-state index contributed by atoms with van der Waals surface area (Å²) in [6.07, 6.45) is 1.92. The molecule has 3 heteroatoms. The molecule has 0 aromatic rings. The normalized spacial score (nSPS) is 10.1. The maximum absolute atomic E-state index is 7.28. The number of rotatable bonds is 1. The molecular weight excluding hydrogens is 132 g/mol. The minimum Gasteiger partial charge on any atom is -0.358 e. The third-order valence-electron chi connectivity index (χ3n) is 0.722. The van der Waals surface area contributed by atoms with Crippen molar-refractivity contribution in [3.8, 4) is 0 Å². The second kappa shape index (κ2) is 4.44. The lowest BCUT2D eigenvalue weighted by Gasteiger charge is -2.09. The number of thioether (sulfide) groups is 1.